The molecular formula is C16H26N2O. The van der Waals surface area contributed by atoms with Gasteiger partial charge in [-0.05, 0) is 25.5 Å². The average molecular weight is 262 g/mol. The van der Waals surface area contributed by atoms with Crippen LogP contribution < -0.4 is 10.1 Å². The summed E-state index contributed by atoms with van der Waals surface area (Å²) in [4.78, 5) is 2.58. The molecule has 1 aromatic carbocycles. The molecule has 0 aliphatic carbocycles. The van der Waals surface area contributed by atoms with Crippen molar-refractivity contribution in [3.63, 3.8) is 0 Å². The number of ether oxygens (including phenoxy) is 1. The molecule has 3 heteroatoms. The Morgan fingerprint density at radius 2 is 2.11 bits per heavy atom. The molecule has 0 bridgehead atoms. The molecule has 19 heavy (non-hydrogen) atoms. The lowest BCUT2D eigenvalue weighted by molar-refractivity contribution is 0.107. The Balaban J connectivity index is 1.78. The number of piperazine rings is 1. The second-order valence-corrected chi connectivity index (χ2v) is 5.41. The summed E-state index contributed by atoms with van der Waals surface area (Å²) in [5, 5.41) is 3.57. The summed E-state index contributed by atoms with van der Waals surface area (Å²) in [5.74, 6) is 0.970. The third-order valence-electron chi connectivity index (χ3n) is 3.74. The summed E-state index contributed by atoms with van der Waals surface area (Å²) in [6.45, 7) is 8.55. The zero-order chi connectivity index (χ0) is 13.5. The zero-order valence-corrected chi connectivity index (χ0v) is 12.1. The van der Waals surface area contributed by atoms with E-state index in [9.17, 15) is 0 Å². The summed E-state index contributed by atoms with van der Waals surface area (Å²) in [7, 11) is 0. The van der Waals surface area contributed by atoms with E-state index in [-0.39, 0.29) is 0 Å². The third-order valence-corrected chi connectivity index (χ3v) is 3.74. The van der Waals surface area contributed by atoms with E-state index in [0.717, 1.165) is 32.0 Å². The summed E-state index contributed by atoms with van der Waals surface area (Å²) in [6.07, 6.45) is 2.52. The maximum absolute atomic E-state index is 5.81. The fraction of sp³-hybridized carbons (Fsp3) is 0.625. The lowest BCUT2D eigenvalue weighted by atomic mass is 10.1. The summed E-state index contributed by atoms with van der Waals surface area (Å²) < 4.78 is 5.81. The van der Waals surface area contributed by atoms with Crippen LogP contribution in [-0.2, 0) is 0 Å². The lowest BCUT2D eigenvalue weighted by Gasteiger charge is -2.39. The summed E-state index contributed by atoms with van der Waals surface area (Å²) >= 11 is 0. The monoisotopic (exact) mass is 262 g/mol. The van der Waals surface area contributed by atoms with Crippen molar-refractivity contribution < 1.29 is 4.74 Å². The van der Waals surface area contributed by atoms with Gasteiger partial charge < -0.3 is 10.1 Å². The van der Waals surface area contributed by atoms with Gasteiger partial charge in [-0.15, -0.1) is 0 Å². The van der Waals surface area contributed by atoms with Crippen LogP contribution >= 0.6 is 0 Å². The van der Waals surface area contributed by atoms with Crippen LogP contribution in [-0.4, -0.2) is 43.2 Å². The van der Waals surface area contributed by atoms with Crippen molar-refractivity contribution in [1.82, 2.24) is 10.2 Å². The molecule has 1 aliphatic rings. The molecule has 0 radical (unpaired) electrons. The first-order valence-corrected chi connectivity index (χ1v) is 7.45. The van der Waals surface area contributed by atoms with Crippen molar-refractivity contribution in [2.45, 2.75) is 38.8 Å². The van der Waals surface area contributed by atoms with Gasteiger partial charge in [-0.2, -0.15) is 0 Å². The van der Waals surface area contributed by atoms with Crippen LogP contribution in [0.25, 0.3) is 0 Å². The Morgan fingerprint density at radius 1 is 1.32 bits per heavy atom. The molecule has 1 aliphatic heterocycles. The molecule has 0 spiro atoms. The van der Waals surface area contributed by atoms with Crippen molar-refractivity contribution in [3.05, 3.63) is 30.3 Å². The number of hydrogen-bond donors (Lipinski definition) is 1. The Labute approximate surface area is 116 Å². The molecule has 0 saturated carbocycles. The van der Waals surface area contributed by atoms with Gasteiger partial charge in [0, 0.05) is 31.7 Å². The first-order valence-electron chi connectivity index (χ1n) is 7.45. The predicted molar refractivity (Wildman–Crippen MR) is 79.7 cm³/mol. The minimum atomic E-state index is 0.588. The number of nitrogens with zero attached hydrogens (tertiary/aromatic N) is 1. The van der Waals surface area contributed by atoms with Crippen LogP contribution in [0.15, 0.2) is 30.3 Å². The second kappa shape index (κ2) is 7.51. The number of nitrogens with one attached hydrogen (secondary N) is 1. The van der Waals surface area contributed by atoms with E-state index >= 15 is 0 Å². The molecule has 0 amide bonds. The number of hydrogen-bond acceptors (Lipinski definition) is 3. The minimum Gasteiger partial charge on any atom is -0.492 e. The maximum Gasteiger partial charge on any atom is 0.119 e. The van der Waals surface area contributed by atoms with Crippen molar-refractivity contribution in [3.8, 4) is 5.75 Å². The fourth-order valence-corrected chi connectivity index (χ4v) is 2.72. The molecule has 3 nitrogen and oxygen atoms in total. The van der Waals surface area contributed by atoms with Gasteiger partial charge in [0.15, 0.2) is 0 Å². The average Bonchev–Trinajstić information content (AvgIpc) is 2.43. The van der Waals surface area contributed by atoms with Crippen LogP contribution in [0.2, 0.25) is 0 Å². The van der Waals surface area contributed by atoms with Gasteiger partial charge in [0.1, 0.15) is 12.4 Å². The highest BCUT2D eigenvalue weighted by molar-refractivity contribution is 5.20. The molecule has 2 unspecified atom stereocenters. The largest absolute Gasteiger partial charge is 0.492 e. The molecule has 0 aromatic heterocycles. The van der Waals surface area contributed by atoms with Crippen molar-refractivity contribution in [2.24, 2.45) is 0 Å². The van der Waals surface area contributed by atoms with E-state index < -0.39 is 0 Å². The highest BCUT2D eigenvalue weighted by Gasteiger charge is 2.24. The van der Waals surface area contributed by atoms with Crippen molar-refractivity contribution >= 4 is 0 Å². The van der Waals surface area contributed by atoms with Gasteiger partial charge in [0.2, 0.25) is 0 Å². The molecule has 1 heterocycles. The highest BCUT2D eigenvalue weighted by atomic mass is 16.5. The molecule has 1 saturated heterocycles. The van der Waals surface area contributed by atoms with E-state index in [1.165, 1.54) is 12.8 Å². The van der Waals surface area contributed by atoms with E-state index in [1.54, 1.807) is 0 Å². The third kappa shape index (κ3) is 4.51. The van der Waals surface area contributed by atoms with Gasteiger partial charge in [-0.25, -0.2) is 0 Å². The SMILES string of the molecule is CCCC1CNC(C)CN1CCOc1ccccc1. The fourth-order valence-electron chi connectivity index (χ4n) is 2.72. The van der Waals surface area contributed by atoms with Crippen LogP contribution in [0.5, 0.6) is 5.75 Å². The number of rotatable bonds is 6. The van der Waals surface area contributed by atoms with Gasteiger partial charge in [-0.3, -0.25) is 4.90 Å². The quantitative estimate of drug-likeness (QED) is 0.852. The second-order valence-electron chi connectivity index (χ2n) is 5.41. The molecule has 2 atom stereocenters. The molecule has 1 aromatic rings. The Hall–Kier alpha value is -1.06. The van der Waals surface area contributed by atoms with Gasteiger partial charge >= 0.3 is 0 Å². The smallest absolute Gasteiger partial charge is 0.119 e. The van der Waals surface area contributed by atoms with Gasteiger partial charge in [-0.1, -0.05) is 31.5 Å². The van der Waals surface area contributed by atoms with Crippen molar-refractivity contribution in [2.75, 3.05) is 26.2 Å². The van der Waals surface area contributed by atoms with Crippen LogP contribution in [0.4, 0.5) is 0 Å². The molecule has 1 fully saturated rings. The zero-order valence-electron chi connectivity index (χ0n) is 12.1. The Kier molecular flexibility index (Phi) is 5.67. The van der Waals surface area contributed by atoms with Crippen molar-refractivity contribution in [1.29, 1.82) is 0 Å². The molecule has 106 valence electrons. The Morgan fingerprint density at radius 3 is 2.84 bits per heavy atom. The highest BCUT2D eigenvalue weighted by Crippen LogP contribution is 2.13. The predicted octanol–water partition coefficient (Wildman–Crippen LogP) is 2.53. The van der Waals surface area contributed by atoms with Crippen LogP contribution in [0.3, 0.4) is 0 Å². The number of benzene rings is 1. The summed E-state index contributed by atoms with van der Waals surface area (Å²) in [5.41, 5.74) is 0. The molecular weight excluding hydrogens is 236 g/mol. The van der Waals surface area contributed by atoms with E-state index in [0.29, 0.717) is 12.1 Å². The minimum absolute atomic E-state index is 0.588. The normalized spacial score (nSPS) is 24.3. The maximum atomic E-state index is 5.81. The Bertz CT molecular complexity index is 355. The molecule has 1 N–H and O–H groups in total. The van der Waals surface area contributed by atoms with Gasteiger partial charge in [0.05, 0.1) is 0 Å². The van der Waals surface area contributed by atoms with E-state index in [2.05, 4.69) is 24.1 Å². The lowest BCUT2D eigenvalue weighted by Crippen LogP contribution is -2.56. The first kappa shape index (κ1) is 14.4. The topological polar surface area (TPSA) is 24.5 Å². The molecule has 2 rings (SSSR count). The standard InChI is InChI=1S/C16H26N2O/c1-3-7-15-12-17-14(2)13-18(15)10-11-19-16-8-5-4-6-9-16/h4-6,8-9,14-15,17H,3,7,10-13H2,1-2H3. The van der Waals surface area contributed by atoms with Crippen LogP contribution in [0, 0.1) is 0 Å². The van der Waals surface area contributed by atoms with Crippen LogP contribution in [0.1, 0.15) is 26.7 Å². The number of para-hydroxylation sites is 1. The summed E-state index contributed by atoms with van der Waals surface area (Å²) in [6, 6.07) is 11.3. The van der Waals surface area contributed by atoms with E-state index in [1.807, 2.05) is 30.3 Å². The first-order chi connectivity index (χ1) is 9.29. The van der Waals surface area contributed by atoms with E-state index in [4.69, 9.17) is 4.74 Å². The van der Waals surface area contributed by atoms with Gasteiger partial charge in [0.25, 0.3) is 0 Å².